The van der Waals surface area contributed by atoms with Crippen molar-refractivity contribution in [2.45, 2.75) is 12.6 Å². The maximum Gasteiger partial charge on any atom is 0.244 e. The van der Waals surface area contributed by atoms with Crippen molar-refractivity contribution in [2.24, 2.45) is 7.05 Å². The molecule has 1 N–H and O–H groups in total. The number of hydrogen-bond acceptors (Lipinski definition) is 4. The van der Waals surface area contributed by atoms with Crippen molar-refractivity contribution in [1.82, 2.24) is 19.4 Å². The minimum atomic E-state index is -0.558. The van der Waals surface area contributed by atoms with Crippen LogP contribution >= 0.6 is 0 Å². The van der Waals surface area contributed by atoms with E-state index in [2.05, 4.69) is 4.98 Å². The molecule has 0 saturated carbocycles. The molecule has 24 heavy (non-hydrogen) atoms. The number of carbonyl (C=O) groups excluding carboxylic acids is 1. The Morgan fingerprint density at radius 2 is 2.00 bits per heavy atom. The van der Waals surface area contributed by atoms with E-state index >= 15 is 0 Å². The molecule has 1 heterocycles. The number of imidazole rings is 1. The van der Waals surface area contributed by atoms with Gasteiger partial charge in [0.15, 0.2) is 0 Å². The first-order valence-electron chi connectivity index (χ1n) is 7.71. The Kier molecular flexibility index (Phi) is 6.05. The van der Waals surface area contributed by atoms with Gasteiger partial charge in [-0.3, -0.25) is 9.69 Å². The molecule has 0 unspecified atom stereocenters. The zero-order chi connectivity index (χ0) is 17.7. The fourth-order valence-electron chi connectivity index (χ4n) is 2.59. The Balaban J connectivity index is 2.27. The summed E-state index contributed by atoms with van der Waals surface area (Å²) in [5, 5.41) is 9.33. The third-order valence-corrected chi connectivity index (χ3v) is 3.87. The molecular formula is C17H23FN4O2. The Morgan fingerprint density at radius 1 is 1.33 bits per heavy atom. The van der Waals surface area contributed by atoms with Gasteiger partial charge in [-0.15, -0.1) is 0 Å². The van der Waals surface area contributed by atoms with E-state index in [1.807, 2.05) is 11.6 Å². The van der Waals surface area contributed by atoms with Crippen molar-refractivity contribution in [3.05, 3.63) is 53.9 Å². The topological polar surface area (TPSA) is 61.6 Å². The van der Waals surface area contributed by atoms with Crippen LogP contribution in [0.4, 0.5) is 4.39 Å². The summed E-state index contributed by atoms with van der Waals surface area (Å²) in [7, 11) is 5.45. The molecule has 130 valence electrons. The lowest BCUT2D eigenvalue weighted by molar-refractivity contribution is -0.137. The number of carbonyl (C=O) groups is 1. The molecule has 1 aromatic carbocycles. The van der Waals surface area contributed by atoms with E-state index in [0.717, 1.165) is 5.82 Å². The molecule has 0 saturated heterocycles. The third-order valence-electron chi connectivity index (χ3n) is 3.87. The summed E-state index contributed by atoms with van der Waals surface area (Å²) in [6.07, 6.45) is 3.47. The molecule has 0 aliphatic rings. The van der Waals surface area contributed by atoms with Crippen molar-refractivity contribution in [1.29, 1.82) is 0 Å². The molecule has 1 atom stereocenters. The Bertz CT molecular complexity index is 669. The van der Waals surface area contributed by atoms with Crippen LogP contribution in [0.2, 0.25) is 0 Å². The number of hydrogen-bond donors (Lipinski definition) is 1. The van der Waals surface area contributed by atoms with Crippen molar-refractivity contribution >= 4 is 5.91 Å². The maximum atomic E-state index is 13.2. The molecule has 0 radical (unpaired) electrons. The highest BCUT2D eigenvalue weighted by molar-refractivity contribution is 5.83. The van der Waals surface area contributed by atoms with Crippen LogP contribution in [0.3, 0.4) is 0 Å². The van der Waals surface area contributed by atoms with Crippen molar-refractivity contribution in [3.8, 4) is 0 Å². The molecule has 1 aromatic heterocycles. The quantitative estimate of drug-likeness (QED) is 0.826. The van der Waals surface area contributed by atoms with Gasteiger partial charge in [-0.2, -0.15) is 0 Å². The summed E-state index contributed by atoms with van der Waals surface area (Å²) in [6, 6.07) is 5.34. The molecule has 0 bridgehead atoms. The molecule has 2 aromatic rings. The maximum absolute atomic E-state index is 13.2. The van der Waals surface area contributed by atoms with Crippen LogP contribution < -0.4 is 0 Å². The largest absolute Gasteiger partial charge is 0.395 e. The van der Waals surface area contributed by atoms with Gasteiger partial charge in [0.2, 0.25) is 5.91 Å². The second kappa shape index (κ2) is 8.03. The molecule has 0 spiro atoms. The standard InChI is InChI=1S/C17H23FN4O2/c1-20(2)16(13-4-6-14(18)7-5-13)17(24)22(10-11-23)12-15-19-8-9-21(15)3/h4-9,16,23H,10-12H2,1-3H3/t16-/m0/s1. The van der Waals surface area contributed by atoms with E-state index < -0.39 is 6.04 Å². The highest BCUT2D eigenvalue weighted by Gasteiger charge is 2.28. The molecule has 0 aliphatic heterocycles. The number of aliphatic hydroxyl groups excluding tert-OH is 1. The molecule has 2 rings (SSSR count). The van der Waals surface area contributed by atoms with Crippen LogP contribution in [0.1, 0.15) is 17.4 Å². The van der Waals surface area contributed by atoms with E-state index in [0.29, 0.717) is 12.1 Å². The summed E-state index contributed by atoms with van der Waals surface area (Å²) in [5.74, 6) is 0.223. The lowest BCUT2D eigenvalue weighted by atomic mass is 10.0. The molecule has 6 nitrogen and oxygen atoms in total. The smallest absolute Gasteiger partial charge is 0.244 e. The number of likely N-dealkylation sites (N-methyl/N-ethyl adjacent to an activating group) is 1. The van der Waals surface area contributed by atoms with Gasteiger partial charge in [-0.25, -0.2) is 9.37 Å². The van der Waals surface area contributed by atoms with Gasteiger partial charge < -0.3 is 14.6 Å². The van der Waals surface area contributed by atoms with E-state index in [9.17, 15) is 14.3 Å². The SMILES string of the molecule is CN(C)[C@H](C(=O)N(CCO)Cc1nccn1C)c1ccc(F)cc1. The average molecular weight is 334 g/mol. The van der Waals surface area contributed by atoms with Gasteiger partial charge in [0, 0.05) is 26.0 Å². The van der Waals surface area contributed by atoms with E-state index in [1.165, 1.54) is 12.1 Å². The van der Waals surface area contributed by atoms with E-state index in [1.54, 1.807) is 48.4 Å². The number of aliphatic hydroxyl groups is 1. The Morgan fingerprint density at radius 3 is 2.50 bits per heavy atom. The fraction of sp³-hybridized carbons (Fsp3) is 0.412. The molecule has 1 amide bonds. The minimum Gasteiger partial charge on any atom is -0.395 e. The molecule has 0 fully saturated rings. The van der Waals surface area contributed by atoms with Gasteiger partial charge >= 0.3 is 0 Å². The van der Waals surface area contributed by atoms with Gasteiger partial charge in [0.1, 0.15) is 17.7 Å². The molecular weight excluding hydrogens is 311 g/mol. The molecule has 7 heteroatoms. The van der Waals surface area contributed by atoms with Crippen LogP contribution in [0.25, 0.3) is 0 Å². The number of aromatic nitrogens is 2. The van der Waals surface area contributed by atoms with Crippen LogP contribution in [-0.4, -0.2) is 57.6 Å². The lowest BCUT2D eigenvalue weighted by Gasteiger charge is -2.30. The van der Waals surface area contributed by atoms with Gasteiger partial charge in [0.25, 0.3) is 0 Å². The van der Waals surface area contributed by atoms with Crippen LogP contribution in [0.15, 0.2) is 36.7 Å². The number of halogens is 1. The zero-order valence-electron chi connectivity index (χ0n) is 14.2. The fourth-order valence-corrected chi connectivity index (χ4v) is 2.59. The normalized spacial score (nSPS) is 12.4. The summed E-state index contributed by atoms with van der Waals surface area (Å²) in [6.45, 7) is 0.366. The van der Waals surface area contributed by atoms with Crippen molar-refractivity contribution in [2.75, 3.05) is 27.2 Å². The van der Waals surface area contributed by atoms with E-state index in [-0.39, 0.29) is 24.9 Å². The number of benzene rings is 1. The lowest BCUT2D eigenvalue weighted by Crippen LogP contribution is -2.42. The molecule has 0 aliphatic carbocycles. The van der Waals surface area contributed by atoms with Crippen LogP contribution in [0, 0.1) is 5.82 Å². The van der Waals surface area contributed by atoms with Crippen LogP contribution in [0.5, 0.6) is 0 Å². The second-order valence-corrected chi connectivity index (χ2v) is 5.86. The number of amides is 1. The average Bonchev–Trinajstić information content (AvgIpc) is 2.94. The van der Waals surface area contributed by atoms with E-state index in [4.69, 9.17) is 0 Å². The van der Waals surface area contributed by atoms with Gasteiger partial charge in [-0.1, -0.05) is 12.1 Å². The monoisotopic (exact) mass is 334 g/mol. The van der Waals surface area contributed by atoms with Crippen molar-refractivity contribution < 1.29 is 14.3 Å². The summed E-state index contributed by atoms with van der Waals surface area (Å²) in [5.41, 5.74) is 0.703. The number of rotatable bonds is 7. The predicted molar refractivity (Wildman–Crippen MR) is 88.5 cm³/mol. The number of aryl methyl sites for hydroxylation is 1. The first kappa shape index (κ1) is 18.1. The number of nitrogens with zero attached hydrogens (tertiary/aromatic N) is 4. The first-order chi connectivity index (χ1) is 11.4. The Labute approximate surface area is 141 Å². The summed E-state index contributed by atoms with van der Waals surface area (Å²) >= 11 is 0. The summed E-state index contributed by atoms with van der Waals surface area (Å²) in [4.78, 5) is 20.6. The zero-order valence-corrected chi connectivity index (χ0v) is 14.2. The second-order valence-electron chi connectivity index (χ2n) is 5.86. The van der Waals surface area contributed by atoms with Gasteiger partial charge in [0.05, 0.1) is 13.2 Å². The Hall–Kier alpha value is -2.25. The predicted octanol–water partition coefficient (Wildman–Crippen LogP) is 1.18. The highest BCUT2D eigenvalue weighted by atomic mass is 19.1. The van der Waals surface area contributed by atoms with Gasteiger partial charge in [-0.05, 0) is 31.8 Å². The first-order valence-corrected chi connectivity index (χ1v) is 7.71. The summed E-state index contributed by atoms with van der Waals surface area (Å²) < 4.78 is 15.0. The minimum absolute atomic E-state index is 0.139. The van der Waals surface area contributed by atoms with Crippen LogP contribution in [-0.2, 0) is 18.4 Å². The third kappa shape index (κ3) is 4.18. The van der Waals surface area contributed by atoms with Crippen molar-refractivity contribution in [3.63, 3.8) is 0 Å². The highest BCUT2D eigenvalue weighted by Crippen LogP contribution is 2.22.